The molecule has 4 rings (SSSR count). The van der Waals surface area contributed by atoms with E-state index in [9.17, 15) is 4.79 Å². The van der Waals surface area contributed by atoms with Crippen LogP contribution in [-0.4, -0.2) is 25.8 Å². The Morgan fingerprint density at radius 3 is 1.84 bits per heavy atom. The normalized spacial score (nSPS) is 14.3. The van der Waals surface area contributed by atoms with Gasteiger partial charge in [-0.15, -0.1) is 0 Å². The van der Waals surface area contributed by atoms with Crippen LogP contribution in [0.5, 0.6) is 23.0 Å². The van der Waals surface area contributed by atoms with Crippen LogP contribution in [0.4, 0.5) is 0 Å². The fraction of sp³-hybridized carbons (Fsp3) is 0.222. The second kappa shape index (κ2) is 8.42. The van der Waals surface area contributed by atoms with Gasteiger partial charge in [0.15, 0.2) is 0 Å². The van der Waals surface area contributed by atoms with Crippen molar-refractivity contribution in [2.24, 2.45) is 0 Å². The third kappa shape index (κ3) is 4.06. The number of rotatable bonds is 5. The quantitative estimate of drug-likeness (QED) is 0.381. The zero-order chi connectivity index (χ0) is 22.9. The third-order valence-corrected chi connectivity index (χ3v) is 5.46. The Balaban J connectivity index is 1.97. The van der Waals surface area contributed by atoms with Crippen molar-refractivity contribution in [2.45, 2.75) is 26.4 Å². The number of hydrogen-bond donors (Lipinski definition) is 0. The topological polar surface area (TPSA) is 54.0 Å². The number of ether oxygens (including phenoxy) is 4. The highest BCUT2D eigenvalue weighted by Gasteiger charge is 2.36. The first kappa shape index (κ1) is 21.5. The number of carbonyl (C=O) groups is 1. The van der Waals surface area contributed by atoms with E-state index in [4.69, 9.17) is 18.9 Å². The number of benzene rings is 3. The minimum atomic E-state index is -0.647. The predicted octanol–water partition coefficient (Wildman–Crippen LogP) is 5.76. The zero-order valence-corrected chi connectivity index (χ0v) is 18.9. The minimum Gasteiger partial charge on any atom is -0.497 e. The molecular formula is C27H26O5. The predicted molar refractivity (Wildman–Crippen MR) is 124 cm³/mol. The minimum absolute atomic E-state index is 0.370. The molecule has 164 valence electrons. The number of esters is 1. The van der Waals surface area contributed by atoms with Crippen molar-refractivity contribution in [1.82, 2.24) is 0 Å². The van der Waals surface area contributed by atoms with E-state index >= 15 is 0 Å². The van der Waals surface area contributed by atoms with Gasteiger partial charge in [0.2, 0.25) is 0 Å². The zero-order valence-electron chi connectivity index (χ0n) is 18.9. The van der Waals surface area contributed by atoms with E-state index in [0.29, 0.717) is 11.5 Å². The molecule has 1 aliphatic heterocycles. The Hall–Kier alpha value is -3.73. The molecule has 0 unspecified atom stereocenters. The van der Waals surface area contributed by atoms with E-state index in [-0.39, 0.29) is 5.97 Å². The summed E-state index contributed by atoms with van der Waals surface area (Å²) in [4.78, 5) is 11.4. The lowest BCUT2D eigenvalue weighted by atomic mass is 9.79. The lowest BCUT2D eigenvalue weighted by Gasteiger charge is -2.38. The fourth-order valence-electron chi connectivity index (χ4n) is 4.09. The van der Waals surface area contributed by atoms with Crippen molar-refractivity contribution in [3.63, 3.8) is 0 Å². The van der Waals surface area contributed by atoms with Gasteiger partial charge in [0.1, 0.15) is 28.6 Å². The van der Waals surface area contributed by atoms with E-state index in [1.165, 1.54) is 6.92 Å². The average molecular weight is 431 g/mol. The van der Waals surface area contributed by atoms with Crippen LogP contribution in [0.25, 0.3) is 11.1 Å². The summed E-state index contributed by atoms with van der Waals surface area (Å²) in [6, 6.07) is 21.5. The molecule has 0 aromatic heterocycles. The Bertz CT molecular complexity index is 1170. The molecule has 0 radical (unpaired) electrons. The highest BCUT2D eigenvalue weighted by molar-refractivity contribution is 6.04. The maximum Gasteiger partial charge on any atom is 0.308 e. The summed E-state index contributed by atoms with van der Waals surface area (Å²) in [6.07, 6.45) is 0. The molecule has 0 aliphatic carbocycles. The summed E-state index contributed by atoms with van der Waals surface area (Å²) in [5.74, 6) is 2.33. The lowest BCUT2D eigenvalue weighted by molar-refractivity contribution is -0.131. The van der Waals surface area contributed by atoms with E-state index in [1.807, 2.05) is 68.4 Å². The molecule has 0 N–H and O–H groups in total. The molecule has 0 saturated heterocycles. The molecule has 3 aromatic carbocycles. The standard InChI is InChI=1S/C27H26O5/c1-17(28)31-22-14-15-23-24(16-22)32-27(2,3)26(19-8-12-21(30-5)13-9-19)25(23)18-6-10-20(29-4)11-7-18/h6-16H,1-5H3. The Labute approximate surface area is 188 Å². The molecular weight excluding hydrogens is 404 g/mol. The van der Waals surface area contributed by atoms with E-state index < -0.39 is 5.60 Å². The van der Waals surface area contributed by atoms with Crippen molar-refractivity contribution in [3.05, 3.63) is 83.4 Å². The summed E-state index contributed by atoms with van der Waals surface area (Å²) >= 11 is 0. The van der Waals surface area contributed by atoms with Crippen molar-refractivity contribution in [3.8, 4) is 23.0 Å². The maximum absolute atomic E-state index is 11.4. The van der Waals surface area contributed by atoms with Crippen LogP contribution < -0.4 is 18.9 Å². The van der Waals surface area contributed by atoms with Crippen molar-refractivity contribution in [2.75, 3.05) is 14.2 Å². The Morgan fingerprint density at radius 1 is 0.781 bits per heavy atom. The summed E-state index contributed by atoms with van der Waals surface area (Å²) in [7, 11) is 3.31. The number of methoxy groups -OCH3 is 2. The van der Waals surface area contributed by atoms with Crippen LogP contribution in [0.2, 0.25) is 0 Å². The maximum atomic E-state index is 11.4. The first-order chi connectivity index (χ1) is 15.3. The second-order valence-electron chi connectivity index (χ2n) is 8.07. The molecule has 0 amide bonds. The molecule has 0 bridgehead atoms. The first-order valence-corrected chi connectivity index (χ1v) is 10.4. The largest absolute Gasteiger partial charge is 0.497 e. The number of hydrogen-bond acceptors (Lipinski definition) is 5. The number of fused-ring (bicyclic) bond motifs is 1. The Morgan fingerprint density at radius 2 is 1.31 bits per heavy atom. The van der Waals surface area contributed by atoms with E-state index in [0.717, 1.165) is 39.3 Å². The van der Waals surface area contributed by atoms with Gasteiger partial charge >= 0.3 is 5.97 Å². The monoisotopic (exact) mass is 430 g/mol. The van der Waals surface area contributed by atoms with Gasteiger partial charge in [0.25, 0.3) is 0 Å². The van der Waals surface area contributed by atoms with Gasteiger partial charge in [-0.3, -0.25) is 4.79 Å². The highest BCUT2D eigenvalue weighted by Crippen LogP contribution is 2.49. The molecule has 3 aromatic rings. The van der Waals surface area contributed by atoms with Crippen LogP contribution in [0, 0.1) is 0 Å². The fourth-order valence-corrected chi connectivity index (χ4v) is 4.09. The summed E-state index contributed by atoms with van der Waals surface area (Å²) in [5.41, 5.74) is 4.46. The van der Waals surface area contributed by atoms with Gasteiger partial charge in [-0.1, -0.05) is 24.3 Å². The van der Waals surface area contributed by atoms with E-state index in [2.05, 4.69) is 0 Å². The molecule has 5 heteroatoms. The molecule has 0 atom stereocenters. The molecule has 0 fully saturated rings. The van der Waals surface area contributed by atoms with Gasteiger partial charge in [-0.05, 0) is 61.4 Å². The van der Waals surface area contributed by atoms with Crippen molar-refractivity contribution in [1.29, 1.82) is 0 Å². The Kier molecular flexibility index (Phi) is 5.66. The summed E-state index contributed by atoms with van der Waals surface area (Å²) in [5, 5.41) is 0. The van der Waals surface area contributed by atoms with Gasteiger partial charge in [-0.25, -0.2) is 0 Å². The van der Waals surface area contributed by atoms with Crippen LogP contribution >= 0.6 is 0 Å². The summed E-state index contributed by atoms with van der Waals surface area (Å²) in [6.45, 7) is 5.46. The van der Waals surface area contributed by atoms with Crippen molar-refractivity contribution < 1.29 is 23.7 Å². The summed E-state index contributed by atoms with van der Waals surface area (Å²) < 4.78 is 22.4. The van der Waals surface area contributed by atoms with Crippen LogP contribution in [0.1, 0.15) is 37.5 Å². The van der Waals surface area contributed by atoms with Gasteiger partial charge < -0.3 is 18.9 Å². The SMILES string of the molecule is COc1ccc(C2=C(c3ccc(OC)cc3)C(C)(C)Oc3cc(OC(C)=O)ccc32)cc1. The molecule has 32 heavy (non-hydrogen) atoms. The first-order valence-electron chi connectivity index (χ1n) is 10.4. The van der Waals surface area contributed by atoms with Gasteiger partial charge in [0.05, 0.1) is 14.2 Å². The lowest BCUT2D eigenvalue weighted by Crippen LogP contribution is -2.34. The molecule has 0 saturated carbocycles. The number of carbonyl (C=O) groups excluding carboxylic acids is 1. The highest BCUT2D eigenvalue weighted by atomic mass is 16.5. The van der Waals surface area contributed by atoms with Crippen LogP contribution in [-0.2, 0) is 4.79 Å². The third-order valence-electron chi connectivity index (χ3n) is 5.46. The van der Waals surface area contributed by atoms with E-state index in [1.54, 1.807) is 26.4 Å². The smallest absolute Gasteiger partial charge is 0.308 e. The molecule has 1 heterocycles. The van der Waals surface area contributed by atoms with Gasteiger partial charge in [0, 0.05) is 29.7 Å². The second-order valence-corrected chi connectivity index (χ2v) is 8.07. The molecule has 5 nitrogen and oxygen atoms in total. The average Bonchev–Trinajstić information content (AvgIpc) is 2.77. The molecule has 1 aliphatic rings. The molecule has 0 spiro atoms. The van der Waals surface area contributed by atoms with Crippen LogP contribution in [0.3, 0.4) is 0 Å². The van der Waals surface area contributed by atoms with Gasteiger partial charge in [-0.2, -0.15) is 0 Å². The van der Waals surface area contributed by atoms with Crippen LogP contribution in [0.15, 0.2) is 66.7 Å². The van der Waals surface area contributed by atoms with Crippen molar-refractivity contribution >= 4 is 17.1 Å².